The van der Waals surface area contributed by atoms with E-state index in [0.29, 0.717) is 12.2 Å². The van der Waals surface area contributed by atoms with Crippen LogP contribution in [0.4, 0.5) is 5.69 Å². The second-order valence-electron chi connectivity index (χ2n) is 6.02. The summed E-state index contributed by atoms with van der Waals surface area (Å²) in [4.78, 5) is 24.3. The van der Waals surface area contributed by atoms with Gasteiger partial charge in [-0.2, -0.15) is 14.5 Å². The average molecular weight is 397 g/mol. The Morgan fingerprint density at radius 2 is 2.00 bits per heavy atom. The number of amides is 1. The van der Waals surface area contributed by atoms with Gasteiger partial charge >= 0.3 is 5.69 Å². The maximum Gasteiger partial charge on any atom is 0.319 e. The highest BCUT2D eigenvalue weighted by Gasteiger charge is 2.34. The summed E-state index contributed by atoms with van der Waals surface area (Å²) >= 11 is 0. The molecule has 27 heavy (non-hydrogen) atoms. The zero-order valence-electron chi connectivity index (χ0n) is 14.8. The van der Waals surface area contributed by atoms with E-state index in [9.17, 15) is 23.3 Å². The first-order valence-corrected chi connectivity index (χ1v) is 9.71. The lowest BCUT2D eigenvalue weighted by molar-refractivity contribution is -0.385. The molecule has 0 aliphatic carbocycles. The molecular weight excluding hydrogens is 378 g/mol. The molecule has 0 spiro atoms. The first-order valence-electron chi connectivity index (χ1n) is 8.27. The molecule has 2 aromatic heterocycles. The SMILES string of the molecule is CCn1cc(S(=O)(=O)N2CCN(C(=O)c3[nH]ncc3[N+](=O)[O-])CC2)c(C)n1. The van der Waals surface area contributed by atoms with Gasteiger partial charge in [0.05, 0.1) is 10.6 Å². The van der Waals surface area contributed by atoms with E-state index in [4.69, 9.17) is 0 Å². The number of rotatable bonds is 5. The van der Waals surface area contributed by atoms with Crippen LogP contribution >= 0.6 is 0 Å². The maximum atomic E-state index is 12.8. The minimum atomic E-state index is -3.72. The summed E-state index contributed by atoms with van der Waals surface area (Å²) in [5.74, 6) is -0.578. The van der Waals surface area contributed by atoms with Crippen LogP contribution in [0.1, 0.15) is 23.1 Å². The molecule has 0 saturated carbocycles. The predicted molar refractivity (Wildman–Crippen MR) is 92.5 cm³/mol. The van der Waals surface area contributed by atoms with Crippen molar-refractivity contribution in [3.63, 3.8) is 0 Å². The minimum absolute atomic E-state index is 0.0900. The third kappa shape index (κ3) is 3.42. The normalized spacial score (nSPS) is 15.9. The lowest BCUT2D eigenvalue weighted by Gasteiger charge is -2.33. The number of sulfonamides is 1. The number of aromatic amines is 1. The van der Waals surface area contributed by atoms with Gasteiger partial charge in [0.25, 0.3) is 5.91 Å². The van der Waals surface area contributed by atoms with E-state index in [1.807, 2.05) is 6.92 Å². The van der Waals surface area contributed by atoms with Crippen molar-refractivity contribution in [1.82, 2.24) is 29.2 Å². The Labute approximate surface area is 155 Å². The fourth-order valence-electron chi connectivity index (χ4n) is 2.92. The Hall–Kier alpha value is -2.80. The van der Waals surface area contributed by atoms with Gasteiger partial charge in [0.1, 0.15) is 11.1 Å². The topological polar surface area (TPSA) is 147 Å². The van der Waals surface area contributed by atoms with Gasteiger partial charge in [-0.3, -0.25) is 24.7 Å². The summed E-state index contributed by atoms with van der Waals surface area (Å²) in [6.45, 7) is 4.48. The van der Waals surface area contributed by atoms with Crippen molar-refractivity contribution in [3.8, 4) is 0 Å². The Balaban J connectivity index is 1.73. The third-order valence-corrected chi connectivity index (χ3v) is 6.40. The van der Waals surface area contributed by atoms with Crippen LogP contribution in [0.3, 0.4) is 0 Å². The van der Waals surface area contributed by atoms with Crippen LogP contribution in [-0.4, -0.2) is 74.6 Å². The first kappa shape index (κ1) is 19.0. The molecule has 0 aromatic carbocycles. The minimum Gasteiger partial charge on any atom is -0.334 e. The molecule has 13 heteroatoms. The van der Waals surface area contributed by atoms with E-state index in [2.05, 4.69) is 15.3 Å². The van der Waals surface area contributed by atoms with Crippen LogP contribution in [0.2, 0.25) is 0 Å². The zero-order valence-corrected chi connectivity index (χ0v) is 15.6. The number of nitrogens with zero attached hydrogens (tertiary/aromatic N) is 6. The quantitative estimate of drug-likeness (QED) is 0.551. The van der Waals surface area contributed by atoms with Gasteiger partial charge in [0, 0.05) is 38.9 Å². The lowest BCUT2D eigenvalue weighted by atomic mass is 10.3. The van der Waals surface area contributed by atoms with Gasteiger partial charge in [-0.15, -0.1) is 0 Å². The molecule has 1 aliphatic heterocycles. The number of aromatic nitrogens is 4. The molecule has 12 nitrogen and oxygen atoms in total. The Morgan fingerprint density at radius 3 is 2.56 bits per heavy atom. The maximum absolute atomic E-state index is 12.8. The molecule has 0 radical (unpaired) electrons. The predicted octanol–water partition coefficient (Wildman–Crippen LogP) is -0.0106. The van der Waals surface area contributed by atoms with Crippen LogP contribution in [0.5, 0.6) is 0 Å². The number of H-pyrrole nitrogens is 1. The van der Waals surface area contributed by atoms with Crippen molar-refractivity contribution in [2.75, 3.05) is 26.2 Å². The first-order chi connectivity index (χ1) is 12.8. The summed E-state index contributed by atoms with van der Waals surface area (Å²) in [6, 6.07) is 0. The fourth-order valence-corrected chi connectivity index (χ4v) is 4.51. The molecule has 1 fully saturated rings. The van der Waals surface area contributed by atoms with Crippen molar-refractivity contribution in [2.45, 2.75) is 25.3 Å². The summed E-state index contributed by atoms with van der Waals surface area (Å²) in [7, 11) is -3.72. The van der Waals surface area contributed by atoms with Gasteiger partial charge in [-0.05, 0) is 13.8 Å². The van der Waals surface area contributed by atoms with E-state index in [1.165, 1.54) is 15.4 Å². The Bertz CT molecular complexity index is 972. The van der Waals surface area contributed by atoms with Gasteiger partial charge in [0.15, 0.2) is 0 Å². The van der Waals surface area contributed by atoms with Gasteiger partial charge in [-0.25, -0.2) is 8.42 Å². The van der Waals surface area contributed by atoms with Crippen LogP contribution in [0.25, 0.3) is 0 Å². The van der Waals surface area contributed by atoms with Gasteiger partial charge in [0.2, 0.25) is 15.7 Å². The number of nitro groups is 1. The van der Waals surface area contributed by atoms with E-state index in [1.54, 1.807) is 11.6 Å². The number of hydrogen-bond acceptors (Lipinski definition) is 7. The summed E-state index contributed by atoms with van der Waals surface area (Å²) < 4.78 is 28.5. The molecule has 0 unspecified atom stereocenters. The second kappa shape index (κ2) is 7.08. The molecule has 146 valence electrons. The Morgan fingerprint density at radius 1 is 1.33 bits per heavy atom. The molecule has 1 saturated heterocycles. The third-order valence-electron chi connectivity index (χ3n) is 4.40. The molecule has 1 aliphatic rings. The van der Waals surface area contributed by atoms with Crippen molar-refractivity contribution in [3.05, 3.63) is 33.9 Å². The van der Waals surface area contributed by atoms with E-state index < -0.39 is 26.5 Å². The Kier molecular flexibility index (Phi) is 4.97. The standard InChI is InChI=1S/C14H19N7O5S/c1-3-19-9-12(10(2)17-19)27(25,26)20-6-4-18(5-7-20)14(22)13-11(21(23)24)8-15-16-13/h8-9H,3-7H2,1-2H3,(H,15,16). The molecule has 3 rings (SSSR count). The average Bonchev–Trinajstić information content (AvgIpc) is 3.28. The summed E-state index contributed by atoms with van der Waals surface area (Å²) in [5.41, 5.74) is -0.197. The second-order valence-corrected chi connectivity index (χ2v) is 7.92. The number of piperazine rings is 1. The van der Waals surface area contributed by atoms with E-state index in [-0.39, 0.29) is 36.8 Å². The lowest BCUT2D eigenvalue weighted by Crippen LogP contribution is -2.50. The van der Waals surface area contributed by atoms with E-state index >= 15 is 0 Å². The largest absolute Gasteiger partial charge is 0.334 e. The zero-order chi connectivity index (χ0) is 19.8. The highest BCUT2D eigenvalue weighted by molar-refractivity contribution is 7.89. The molecule has 1 amide bonds. The highest BCUT2D eigenvalue weighted by atomic mass is 32.2. The van der Waals surface area contributed by atoms with E-state index in [0.717, 1.165) is 6.20 Å². The highest BCUT2D eigenvalue weighted by Crippen LogP contribution is 2.22. The number of carbonyl (C=O) groups excluding carboxylic acids is 1. The number of hydrogen-bond donors (Lipinski definition) is 1. The van der Waals surface area contributed by atoms with Crippen LogP contribution in [0, 0.1) is 17.0 Å². The molecule has 1 N–H and O–H groups in total. The number of aryl methyl sites for hydroxylation is 2. The molecule has 2 aromatic rings. The van der Waals surface area contributed by atoms with Gasteiger partial charge in [-0.1, -0.05) is 0 Å². The van der Waals surface area contributed by atoms with Gasteiger partial charge < -0.3 is 4.90 Å². The summed E-state index contributed by atoms with van der Waals surface area (Å²) in [5, 5.41) is 21.0. The monoisotopic (exact) mass is 397 g/mol. The van der Waals surface area contributed by atoms with Crippen LogP contribution in [-0.2, 0) is 16.6 Å². The summed E-state index contributed by atoms with van der Waals surface area (Å²) in [6.07, 6.45) is 2.47. The smallest absolute Gasteiger partial charge is 0.319 e. The number of carbonyl (C=O) groups is 1. The van der Waals surface area contributed by atoms with Crippen molar-refractivity contribution in [1.29, 1.82) is 0 Å². The number of nitrogens with one attached hydrogen (secondary N) is 1. The van der Waals surface area contributed by atoms with Crippen molar-refractivity contribution in [2.24, 2.45) is 0 Å². The molecule has 3 heterocycles. The van der Waals surface area contributed by atoms with Crippen LogP contribution < -0.4 is 0 Å². The molecule has 0 atom stereocenters. The van der Waals surface area contributed by atoms with Crippen molar-refractivity contribution >= 4 is 21.6 Å². The molecule has 0 bridgehead atoms. The fraction of sp³-hybridized carbons (Fsp3) is 0.500. The van der Waals surface area contributed by atoms with Crippen LogP contribution in [0.15, 0.2) is 17.3 Å². The molecular formula is C14H19N7O5S. The van der Waals surface area contributed by atoms with Crippen molar-refractivity contribution < 1.29 is 18.1 Å².